The zero-order chi connectivity index (χ0) is 10.7. The van der Waals surface area contributed by atoms with Crippen LogP contribution in [0.4, 0.5) is 0 Å². The molecule has 0 amide bonds. The maximum Gasteiger partial charge on any atom is 0.0738 e. The Bertz CT molecular complexity index is 307. The topological polar surface area (TPSA) is 29.9 Å². The minimum Gasteiger partial charge on any atom is -0.317 e. The van der Waals surface area contributed by atoms with Gasteiger partial charge in [-0.25, -0.2) is 0 Å². The normalized spacial score (nSPS) is 13.2. The average Bonchev–Trinajstić information content (AvgIpc) is 2.45. The van der Waals surface area contributed by atoms with Crippen LogP contribution in [0.15, 0.2) is 4.47 Å². The third-order valence-electron chi connectivity index (χ3n) is 2.45. The van der Waals surface area contributed by atoms with Crippen molar-refractivity contribution in [1.29, 1.82) is 0 Å². The number of aryl methyl sites for hydroxylation is 2. The standard InChI is InChI=1S/C10H18BrN3/c1-5-14-9(6-7(2)12-4)10(11)8(3)13-14/h7,12H,5-6H2,1-4H3. The van der Waals surface area contributed by atoms with Gasteiger partial charge in [-0.3, -0.25) is 4.68 Å². The van der Waals surface area contributed by atoms with E-state index in [-0.39, 0.29) is 0 Å². The van der Waals surface area contributed by atoms with Crippen molar-refractivity contribution in [3.05, 3.63) is 15.9 Å². The second-order valence-corrected chi connectivity index (χ2v) is 4.35. The van der Waals surface area contributed by atoms with E-state index in [2.05, 4.69) is 44.9 Å². The molecule has 0 saturated heterocycles. The molecule has 0 aliphatic carbocycles. The number of halogens is 1. The van der Waals surface area contributed by atoms with E-state index < -0.39 is 0 Å². The number of hydrogen-bond acceptors (Lipinski definition) is 2. The molecule has 0 aromatic carbocycles. The molecule has 1 unspecified atom stereocenters. The first-order valence-electron chi connectivity index (χ1n) is 4.99. The summed E-state index contributed by atoms with van der Waals surface area (Å²) in [7, 11) is 1.98. The summed E-state index contributed by atoms with van der Waals surface area (Å²) in [6, 6.07) is 0.479. The summed E-state index contributed by atoms with van der Waals surface area (Å²) >= 11 is 3.59. The van der Waals surface area contributed by atoms with Gasteiger partial charge in [0.1, 0.15) is 0 Å². The van der Waals surface area contributed by atoms with Crippen LogP contribution in [-0.4, -0.2) is 22.9 Å². The van der Waals surface area contributed by atoms with Crippen molar-refractivity contribution in [2.24, 2.45) is 0 Å². The first kappa shape index (κ1) is 11.7. The summed E-state index contributed by atoms with van der Waals surface area (Å²) in [5.74, 6) is 0. The van der Waals surface area contributed by atoms with E-state index in [1.807, 2.05) is 14.0 Å². The molecule has 0 radical (unpaired) electrons. The minimum absolute atomic E-state index is 0.479. The molecule has 0 bridgehead atoms. The quantitative estimate of drug-likeness (QED) is 0.898. The highest BCUT2D eigenvalue weighted by Gasteiger charge is 2.13. The van der Waals surface area contributed by atoms with Gasteiger partial charge < -0.3 is 5.32 Å². The molecule has 3 nitrogen and oxygen atoms in total. The zero-order valence-electron chi connectivity index (χ0n) is 9.26. The van der Waals surface area contributed by atoms with Gasteiger partial charge in [0, 0.05) is 19.0 Å². The minimum atomic E-state index is 0.479. The van der Waals surface area contributed by atoms with E-state index in [4.69, 9.17) is 0 Å². The third kappa shape index (κ3) is 2.36. The number of likely N-dealkylation sites (N-methyl/N-ethyl adjacent to an activating group) is 1. The number of nitrogens with zero attached hydrogens (tertiary/aromatic N) is 2. The van der Waals surface area contributed by atoms with Gasteiger partial charge in [-0.1, -0.05) is 0 Å². The van der Waals surface area contributed by atoms with Gasteiger partial charge in [-0.05, 0) is 43.7 Å². The number of nitrogens with one attached hydrogen (secondary N) is 1. The van der Waals surface area contributed by atoms with Gasteiger partial charge in [0.05, 0.1) is 15.9 Å². The van der Waals surface area contributed by atoms with E-state index >= 15 is 0 Å². The molecule has 80 valence electrons. The predicted octanol–water partition coefficient (Wildman–Crippen LogP) is 2.12. The highest BCUT2D eigenvalue weighted by atomic mass is 79.9. The second kappa shape index (κ2) is 4.94. The van der Waals surface area contributed by atoms with Gasteiger partial charge in [-0.15, -0.1) is 0 Å². The SMILES string of the molecule is CCn1nc(C)c(Br)c1CC(C)NC. The molecule has 1 rings (SSSR count). The predicted molar refractivity (Wildman–Crippen MR) is 62.6 cm³/mol. The summed E-state index contributed by atoms with van der Waals surface area (Å²) in [5, 5.41) is 7.70. The Hall–Kier alpha value is -0.350. The molecule has 1 N–H and O–H groups in total. The molecule has 1 heterocycles. The number of hydrogen-bond donors (Lipinski definition) is 1. The van der Waals surface area contributed by atoms with Crippen LogP contribution < -0.4 is 5.32 Å². The molecular weight excluding hydrogens is 242 g/mol. The summed E-state index contributed by atoms with van der Waals surface area (Å²) in [4.78, 5) is 0. The Kier molecular flexibility index (Phi) is 4.13. The van der Waals surface area contributed by atoms with Crippen LogP contribution in [0.3, 0.4) is 0 Å². The van der Waals surface area contributed by atoms with Crippen LogP contribution >= 0.6 is 15.9 Å². The molecule has 1 atom stereocenters. The van der Waals surface area contributed by atoms with Crippen molar-refractivity contribution in [3.8, 4) is 0 Å². The first-order chi connectivity index (χ1) is 6.60. The highest BCUT2D eigenvalue weighted by Crippen LogP contribution is 2.22. The average molecular weight is 260 g/mol. The number of rotatable bonds is 4. The first-order valence-corrected chi connectivity index (χ1v) is 5.78. The van der Waals surface area contributed by atoms with E-state index in [1.165, 1.54) is 5.69 Å². The van der Waals surface area contributed by atoms with Crippen LogP contribution in [0, 0.1) is 6.92 Å². The van der Waals surface area contributed by atoms with Crippen LogP contribution in [0.25, 0.3) is 0 Å². The van der Waals surface area contributed by atoms with Crippen molar-refractivity contribution in [2.45, 2.75) is 39.8 Å². The Balaban J connectivity index is 2.93. The van der Waals surface area contributed by atoms with Crippen molar-refractivity contribution in [3.63, 3.8) is 0 Å². The van der Waals surface area contributed by atoms with E-state index in [9.17, 15) is 0 Å². The molecule has 0 fully saturated rings. The fourth-order valence-electron chi connectivity index (χ4n) is 1.46. The monoisotopic (exact) mass is 259 g/mol. The number of aromatic nitrogens is 2. The van der Waals surface area contributed by atoms with Crippen LogP contribution in [-0.2, 0) is 13.0 Å². The Morgan fingerprint density at radius 3 is 2.71 bits per heavy atom. The third-order valence-corrected chi connectivity index (χ3v) is 3.48. The fourth-order valence-corrected chi connectivity index (χ4v) is 1.90. The molecule has 14 heavy (non-hydrogen) atoms. The fraction of sp³-hybridized carbons (Fsp3) is 0.700. The van der Waals surface area contributed by atoms with Crippen molar-refractivity contribution >= 4 is 15.9 Å². The van der Waals surface area contributed by atoms with Crippen molar-refractivity contribution in [2.75, 3.05) is 7.05 Å². The van der Waals surface area contributed by atoms with E-state index in [0.29, 0.717) is 6.04 Å². The second-order valence-electron chi connectivity index (χ2n) is 3.56. The molecule has 1 aromatic rings. The van der Waals surface area contributed by atoms with E-state index in [1.54, 1.807) is 0 Å². The molecule has 0 aliphatic heterocycles. The maximum atomic E-state index is 4.46. The largest absolute Gasteiger partial charge is 0.317 e. The van der Waals surface area contributed by atoms with E-state index in [0.717, 1.165) is 23.1 Å². The van der Waals surface area contributed by atoms with Gasteiger partial charge in [0.25, 0.3) is 0 Å². The highest BCUT2D eigenvalue weighted by molar-refractivity contribution is 9.10. The van der Waals surface area contributed by atoms with Crippen LogP contribution in [0.5, 0.6) is 0 Å². The van der Waals surface area contributed by atoms with Gasteiger partial charge in [0.2, 0.25) is 0 Å². The van der Waals surface area contributed by atoms with Crippen molar-refractivity contribution < 1.29 is 0 Å². The molecule has 1 aromatic heterocycles. The summed E-state index contributed by atoms with van der Waals surface area (Å²) < 4.78 is 3.22. The van der Waals surface area contributed by atoms with Crippen LogP contribution in [0.1, 0.15) is 25.2 Å². The molecular formula is C10H18BrN3. The summed E-state index contributed by atoms with van der Waals surface area (Å²) in [6.45, 7) is 7.25. The molecule has 0 aliphatic rings. The van der Waals surface area contributed by atoms with Crippen molar-refractivity contribution in [1.82, 2.24) is 15.1 Å². The molecule has 4 heteroatoms. The lowest BCUT2D eigenvalue weighted by Gasteiger charge is -2.11. The van der Waals surface area contributed by atoms with Gasteiger partial charge in [0.15, 0.2) is 0 Å². The molecule has 0 spiro atoms. The zero-order valence-corrected chi connectivity index (χ0v) is 10.8. The lowest BCUT2D eigenvalue weighted by Crippen LogP contribution is -2.25. The Morgan fingerprint density at radius 2 is 2.21 bits per heavy atom. The van der Waals surface area contributed by atoms with Crippen LogP contribution in [0.2, 0.25) is 0 Å². The Labute approximate surface area is 94.0 Å². The smallest absolute Gasteiger partial charge is 0.0738 e. The Morgan fingerprint density at radius 1 is 1.57 bits per heavy atom. The maximum absolute atomic E-state index is 4.46. The van der Waals surface area contributed by atoms with Gasteiger partial charge >= 0.3 is 0 Å². The lowest BCUT2D eigenvalue weighted by molar-refractivity contribution is 0.550. The summed E-state index contributed by atoms with van der Waals surface area (Å²) in [6.07, 6.45) is 1.01. The van der Waals surface area contributed by atoms with Gasteiger partial charge in [-0.2, -0.15) is 5.10 Å². The lowest BCUT2D eigenvalue weighted by atomic mass is 10.2. The summed E-state index contributed by atoms with van der Waals surface area (Å²) in [5.41, 5.74) is 2.36. The molecule has 0 saturated carbocycles.